The Hall–Kier alpha value is -1.75. The molecule has 0 aliphatic carbocycles. The van der Waals surface area contributed by atoms with Crippen LogP contribution in [0.2, 0.25) is 0 Å². The molecule has 3 aliphatic heterocycles. The number of rotatable bonds is 2. The van der Waals surface area contributed by atoms with Crippen molar-refractivity contribution in [3.63, 3.8) is 0 Å². The van der Waals surface area contributed by atoms with Crippen molar-refractivity contribution in [2.45, 2.75) is 44.2 Å². The highest BCUT2D eigenvalue weighted by atomic mass is 16.1. The number of hydrogen-bond acceptors (Lipinski definition) is 4. The van der Waals surface area contributed by atoms with Crippen LogP contribution in [-0.2, 0) is 11.2 Å². The standard InChI is InChI=1S/C16H22N4O/c17-13-6-10-7-16(21)19-14(10)9-15(13)18-11-3-5-20-4-1-2-12(20)8-11/h6,9,11-12,18H,1-5,7-8,17H2,(H,19,21). The zero-order chi connectivity index (χ0) is 14.4. The smallest absolute Gasteiger partial charge is 0.228 e. The number of nitrogens with zero attached hydrogens (tertiary/aromatic N) is 1. The van der Waals surface area contributed by atoms with Crippen molar-refractivity contribution < 1.29 is 4.79 Å². The number of carbonyl (C=O) groups is 1. The normalized spacial score (nSPS) is 28.1. The molecule has 3 heterocycles. The topological polar surface area (TPSA) is 70.4 Å². The fraction of sp³-hybridized carbons (Fsp3) is 0.562. The number of benzene rings is 1. The Labute approximate surface area is 124 Å². The van der Waals surface area contributed by atoms with Crippen LogP contribution < -0.4 is 16.4 Å². The fourth-order valence-electron chi connectivity index (χ4n) is 3.99. The van der Waals surface area contributed by atoms with Crippen molar-refractivity contribution in [3.8, 4) is 0 Å². The van der Waals surface area contributed by atoms with Gasteiger partial charge in [-0.25, -0.2) is 0 Å². The molecule has 0 saturated carbocycles. The number of nitrogens with one attached hydrogen (secondary N) is 2. The summed E-state index contributed by atoms with van der Waals surface area (Å²) in [4.78, 5) is 14.1. The molecule has 0 aromatic heterocycles. The minimum absolute atomic E-state index is 0.0563. The quantitative estimate of drug-likeness (QED) is 0.725. The molecule has 5 nitrogen and oxygen atoms in total. The Kier molecular flexibility index (Phi) is 3.03. The summed E-state index contributed by atoms with van der Waals surface area (Å²) in [6, 6.07) is 5.16. The van der Waals surface area contributed by atoms with Crippen molar-refractivity contribution in [2.24, 2.45) is 0 Å². The van der Waals surface area contributed by atoms with E-state index < -0.39 is 0 Å². The lowest BCUT2D eigenvalue weighted by atomic mass is 9.97. The van der Waals surface area contributed by atoms with E-state index in [9.17, 15) is 4.79 Å². The van der Waals surface area contributed by atoms with Crippen LogP contribution >= 0.6 is 0 Å². The summed E-state index contributed by atoms with van der Waals surface area (Å²) >= 11 is 0. The van der Waals surface area contributed by atoms with Gasteiger partial charge in [-0.2, -0.15) is 0 Å². The van der Waals surface area contributed by atoms with Crippen LogP contribution in [0.5, 0.6) is 0 Å². The highest BCUT2D eigenvalue weighted by Crippen LogP contribution is 2.34. The fourth-order valence-corrected chi connectivity index (χ4v) is 3.99. The summed E-state index contributed by atoms with van der Waals surface area (Å²) in [6.45, 7) is 2.45. The van der Waals surface area contributed by atoms with Crippen molar-refractivity contribution in [1.29, 1.82) is 0 Å². The summed E-state index contributed by atoms with van der Waals surface area (Å²) in [5, 5.41) is 6.50. The Bertz CT molecular complexity index is 586. The highest BCUT2D eigenvalue weighted by Gasteiger charge is 2.32. The van der Waals surface area contributed by atoms with E-state index in [4.69, 9.17) is 5.73 Å². The van der Waals surface area contributed by atoms with Gasteiger partial charge in [0.15, 0.2) is 0 Å². The molecule has 1 amide bonds. The lowest BCUT2D eigenvalue weighted by Crippen LogP contribution is -2.42. The van der Waals surface area contributed by atoms with Crippen LogP contribution in [0.3, 0.4) is 0 Å². The van der Waals surface area contributed by atoms with E-state index in [0.717, 1.165) is 28.7 Å². The molecule has 1 aromatic carbocycles. The molecular formula is C16H22N4O. The predicted octanol–water partition coefficient (Wildman–Crippen LogP) is 1.80. The first-order valence-electron chi connectivity index (χ1n) is 7.92. The Balaban J connectivity index is 1.50. The van der Waals surface area contributed by atoms with Crippen molar-refractivity contribution >= 4 is 23.0 Å². The number of hydrogen-bond donors (Lipinski definition) is 3. The monoisotopic (exact) mass is 286 g/mol. The van der Waals surface area contributed by atoms with E-state index in [1.165, 1.54) is 38.8 Å². The zero-order valence-electron chi connectivity index (χ0n) is 12.2. The second kappa shape index (κ2) is 4.91. The zero-order valence-corrected chi connectivity index (χ0v) is 12.2. The third kappa shape index (κ3) is 2.35. The van der Waals surface area contributed by atoms with Gasteiger partial charge >= 0.3 is 0 Å². The lowest BCUT2D eigenvalue weighted by molar-refractivity contribution is -0.115. The largest absolute Gasteiger partial charge is 0.397 e. The van der Waals surface area contributed by atoms with Gasteiger partial charge in [0.25, 0.3) is 0 Å². The average Bonchev–Trinajstić information content (AvgIpc) is 3.04. The van der Waals surface area contributed by atoms with Crippen molar-refractivity contribution in [1.82, 2.24) is 4.90 Å². The Morgan fingerprint density at radius 1 is 1.29 bits per heavy atom. The number of anilines is 3. The van der Waals surface area contributed by atoms with E-state index in [2.05, 4.69) is 15.5 Å². The second-order valence-corrected chi connectivity index (χ2v) is 6.52. The van der Waals surface area contributed by atoms with Gasteiger partial charge in [-0.05, 0) is 49.9 Å². The van der Waals surface area contributed by atoms with Crippen LogP contribution in [-0.4, -0.2) is 36.0 Å². The molecule has 4 N–H and O–H groups in total. The molecule has 1 aromatic rings. The summed E-state index contributed by atoms with van der Waals surface area (Å²) in [5.41, 5.74) is 9.79. The molecule has 5 heteroatoms. The van der Waals surface area contributed by atoms with Gasteiger partial charge in [-0.3, -0.25) is 4.79 Å². The molecule has 3 aliphatic rings. The molecule has 0 spiro atoms. The van der Waals surface area contributed by atoms with Gasteiger partial charge in [0.05, 0.1) is 17.8 Å². The Morgan fingerprint density at radius 3 is 3.10 bits per heavy atom. The van der Waals surface area contributed by atoms with Crippen molar-refractivity contribution in [3.05, 3.63) is 17.7 Å². The van der Waals surface area contributed by atoms with Crippen LogP contribution in [0.25, 0.3) is 0 Å². The van der Waals surface area contributed by atoms with Crippen LogP contribution in [0.1, 0.15) is 31.2 Å². The summed E-state index contributed by atoms with van der Waals surface area (Å²) in [7, 11) is 0. The van der Waals surface area contributed by atoms with Gasteiger partial charge in [0, 0.05) is 24.3 Å². The van der Waals surface area contributed by atoms with Gasteiger partial charge in [0.1, 0.15) is 0 Å². The van der Waals surface area contributed by atoms with E-state index in [-0.39, 0.29) is 5.91 Å². The van der Waals surface area contributed by atoms with E-state index >= 15 is 0 Å². The van der Waals surface area contributed by atoms with E-state index in [1.54, 1.807) is 0 Å². The molecular weight excluding hydrogens is 264 g/mol. The van der Waals surface area contributed by atoms with E-state index in [0.29, 0.717) is 12.5 Å². The molecule has 2 atom stereocenters. The number of fused-ring (bicyclic) bond motifs is 2. The molecule has 21 heavy (non-hydrogen) atoms. The minimum atomic E-state index is 0.0563. The van der Waals surface area contributed by atoms with E-state index in [1.807, 2.05) is 12.1 Å². The first-order valence-corrected chi connectivity index (χ1v) is 7.92. The predicted molar refractivity (Wildman–Crippen MR) is 84.4 cm³/mol. The molecule has 2 saturated heterocycles. The average molecular weight is 286 g/mol. The number of nitrogens with two attached hydrogens (primary N) is 1. The maximum atomic E-state index is 11.5. The minimum Gasteiger partial charge on any atom is -0.397 e. The van der Waals surface area contributed by atoms with Crippen LogP contribution in [0.15, 0.2) is 12.1 Å². The molecule has 2 fully saturated rings. The third-order valence-corrected chi connectivity index (χ3v) is 5.08. The number of carbonyl (C=O) groups excluding carboxylic acids is 1. The maximum absolute atomic E-state index is 11.5. The molecule has 0 bridgehead atoms. The molecule has 112 valence electrons. The van der Waals surface area contributed by atoms with Gasteiger partial charge in [0.2, 0.25) is 5.91 Å². The summed E-state index contributed by atoms with van der Waals surface area (Å²) in [5.74, 6) is 0.0563. The van der Waals surface area contributed by atoms with Crippen LogP contribution in [0.4, 0.5) is 17.1 Å². The van der Waals surface area contributed by atoms with Gasteiger partial charge in [-0.15, -0.1) is 0 Å². The summed E-state index contributed by atoms with van der Waals surface area (Å²) < 4.78 is 0. The molecule has 4 rings (SSSR count). The lowest BCUT2D eigenvalue weighted by Gasteiger charge is -2.35. The first kappa shape index (κ1) is 13.0. The second-order valence-electron chi connectivity index (χ2n) is 6.52. The van der Waals surface area contributed by atoms with Gasteiger partial charge in [-0.1, -0.05) is 0 Å². The van der Waals surface area contributed by atoms with Crippen LogP contribution in [0, 0.1) is 0 Å². The maximum Gasteiger partial charge on any atom is 0.228 e. The SMILES string of the molecule is Nc1cc2c(cc1NC1CCN3CCCC3C1)NC(=O)C2. The number of nitrogen functional groups attached to an aromatic ring is 1. The van der Waals surface area contributed by atoms with Gasteiger partial charge < -0.3 is 21.3 Å². The third-order valence-electron chi connectivity index (χ3n) is 5.08. The first-order chi connectivity index (χ1) is 10.2. The van der Waals surface area contributed by atoms with Crippen molar-refractivity contribution in [2.75, 3.05) is 29.5 Å². The Morgan fingerprint density at radius 2 is 2.19 bits per heavy atom. The molecule has 2 unspecified atom stereocenters. The molecule has 0 radical (unpaired) electrons. The highest BCUT2D eigenvalue weighted by molar-refractivity contribution is 6.00. The number of amides is 1. The summed E-state index contributed by atoms with van der Waals surface area (Å²) in [6.07, 6.45) is 5.47. The number of piperidine rings is 1.